The molecule has 0 unspecified atom stereocenters. The van der Waals surface area contributed by atoms with Crippen LogP contribution in [0.1, 0.15) is 11.5 Å². The van der Waals surface area contributed by atoms with Crippen LogP contribution in [0.15, 0.2) is 61.1 Å². The molecule has 0 atom stereocenters. The molecule has 4 heterocycles. The van der Waals surface area contributed by atoms with Crippen LogP contribution in [0.5, 0.6) is 0 Å². The monoisotopic (exact) mass is 393 g/mol. The molecule has 0 fully saturated rings. The van der Waals surface area contributed by atoms with E-state index < -0.39 is 0 Å². The zero-order valence-corrected chi connectivity index (χ0v) is 15.5. The van der Waals surface area contributed by atoms with Crippen LogP contribution in [-0.2, 0) is 6.42 Å². The molecule has 0 bridgehead atoms. The van der Waals surface area contributed by atoms with Gasteiger partial charge in [0, 0.05) is 40.5 Å². The Morgan fingerprint density at radius 3 is 2.63 bits per heavy atom. The first-order valence-electron chi connectivity index (χ1n) is 8.38. The number of benzene rings is 1. The van der Waals surface area contributed by atoms with Crippen molar-refractivity contribution in [2.24, 2.45) is 0 Å². The minimum Gasteiger partial charge on any atom is -0.340 e. The smallest absolute Gasteiger partial charge is 0.139 e. The molecular formula is C20H13Cl2N5. The minimum absolute atomic E-state index is 0.593. The first-order chi connectivity index (χ1) is 13.2. The lowest BCUT2D eigenvalue weighted by Crippen LogP contribution is -1.98. The Labute approximate surface area is 164 Å². The molecule has 4 aromatic heterocycles. The minimum atomic E-state index is 0.593. The molecule has 5 rings (SSSR count). The van der Waals surface area contributed by atoms with Gasteiger partial charge in [-0.1, -0.05) is 35.3 Å². The Morgan fingerprint density at radius 2 is 1.81 bits per heavy atom. The topological polar surface area (TPSA) is 58.9 Å². The van der Waals surface area contributed by atoms with Gasteiger partial charge in [-0.15, -0.1) is 0 Å². The molecule has 0 saturated heterocycles. The zero-order chi connectivity index (χ0) is 18.4. The number of fused-ring (bicyclic) bond motifs is 2. The van der Waals surface area contributed by atoms with Crippen LogP contribution in [-0.4, -0.2) is 24.3 Å². The largest absolute Gasteiger partial charge is 0.340 e. The van der Waals surface area contributed by atoms with E-state index in [1.165, 1.54) is 0 Å². The maximum atomic E-state index is 6.16. The molecule has 7 heteroatoms. The van der Waals surface area contributed by atoms with Crippen molar-refractivity contribution in [1.82, 2.24) is 24.3 Å². The van der Waals surface area contributed by atoms with Crippen molar-refractivity contribution in [1.29, 1.82) is 0 Å². The second-order valence-electron chi connectivity index (χ2n) is 6.24. The highest BCUT2D eigenvalue weighted by Crippen LogP contribution is 2.28. The van der Waals surface area contributed by atoms with Crippen molar-refractivity contribution in [3.05, 3.63) is 82.6 Å². The lowest BCUT2D eigenvalue weighted by molar-refractivity contribution is 0.962. The fourth-order valence-electron chi connectivity index (χ4n) is 3.23. The standard InChI is InChI=1S/C20H13Cl2N5/c21-13-3-1-12(2-4-13)20-17(27-8-6-14(22)9-19(27)26-20)10-18-24-15-5-7-23-11-16(15)25-18/h1-9,11H,10H2,(H,24,25). The van der Waals surface area contributed by atoms with E-state index in [1.54, 1.807) is 12.4 Å². The van der Waals surface area contributed by atoms with E-state index in [-0.39, 0.29) is 0 Å². The second-order valence-corrected chi connectivity index (χ2v) is 7.11. The predicted molar refractivity (Wildman–Crippen MR) is 107 cm³/mol. The summed E-state index contributed by atoms with van der Waals surface area (Å²) in [5, 5.41) is 1.34. The van der Waals surface area contributed by atoms with Crippen LogP contribution in [0, 0.1) is 0 Å². The van der Waals surface area contributed by atoms with Gasteiger partial charge < -0.3 is 9.38 Å². The van der Waals surface area contributed by atoms with E-state index in [0.29, 0.717) is 16.5 Å². The van der Waals surface area contributed by atoms with Gasteiger partial charge >= 0.3 is 0 Å². The lowest BCUT2D eigenvalue weighted by Gasteiger charge is -2.04. The SMILES string of the molecule is Clc1ccc(-c2nc3cc(Cl)ccn3c2Cc2nc3ccncc3[nH]2)cc1. The summed E-state index contributed by atoms with van der Waals surface area (Å²) in [6.45, 7) is 0. The van der Waals surface area contributed by atoms with Crippen LogP contribution < -0.4 is 0 Å². The third kappa shape index (κ3) is 2.95. The quantitative estimate of drug-likeness (QED) is 0.459. The summed E-state index contributed by atoms with van der Waals surface area (Å²) in [4.78, 5) is 17.0. The first-order valence-corrected chi connectivity index (χ1v) is 9.14. The summed E-state index contributed by atoms with van der Waals surface area (Å²) in [5.74, 6) is 0.852. The molecule has 132 valence electrons. The summed E-state index contributed by atoms with van der Waals surface area (Å²) in [7, 11) is 0. The molecule has 0 radical (unpaired) electrons. The number of hydrogen-bond acceptors (Lipinski definition) is 3. The average molecular weight is 394 g/mol. The highest BCUT2D eigenvalue weighted by Gasteiger charge is 2.16. The molecule has 5 aromatic rings. The van der Waals surface area contributed by atoms with Crippen LogP contribution in [0.2, 0.25) is 10.0 Å². The van der Waals surface area contributed by atoms with Gasteiger partial charge in [-0.3, -0.25) is 4.98 Å². The molecule has 1 N–H and O–H groups in total. The number of nitrogens with one attached hydrogen (secondary N) is 1. The number of aromatic amines is 1. The normalized spacial score (nSPS) is 11.5. The molecule has 0 saturated carbocycles. The van der Waals surface area contributed by atoms with E-state index in [4.69, 9.17) is 28.2 Å². The van der Waals surface area contributed by atoms with Crippen molar-refractivity contribution >= 4 is 39.9 Å². The van der Waals surface area contributed by atoms with Crippen molar-refractivity contribution < 1.29 is 0 Å². The van der Waals surface area contributed by atoms with Crippen molar-refractivity contribution in [2.45, 2.75) is 6.42 Å². The van der Waals surface area contributed by atoms with E-state index in [0.717, 1.165) is 39.5 Å². The summed E-state index contributed by atoms with van der Waals surface area (Å²) < 4.78 is 2.04. The molecular weight excluding hydrogens is 381 g/mol. The number of halogens is 2. The lowest BCUT2D eigenvalue weighted by atomic mass is 10.1. The van der Waals surface area contributed by atoms with Crippen molar-refractivity contribution in [3.63, 3.8) is 0 Å². The van der Waals surface area contributed by atoms with Gasteiger partial charge in [-0.25, -0.2) is 9.97 Å². The molecule has 5 nitrogen and oxygen atoms in total. The number of aromatic nitrogens is 5. The third-order valence-corrected chi connectivity index (χ3v) is 4.96. The highest BCUT2D eigenvalue weighted by atomic mass is 35.5. The Balaban J connectivity index is 1.68. The van der Waals surface area contributed by atoms with Crippen molar-refractivity contribution in [3.8, 4) is 11.3 Å². The maximum Gasteiger partial charge on any atom is 0.139 e. The van der Waals surface area contributed by atoms with Crippen LogP contribution in [0.25, 0.3) is 27.9 Å². The highest BCUT2D eigenvalue weighted by molar-refractivity contribution is 6.31. The van der Waals surface area contributed by atoms with Crippen LogP contribution in [0.4, 0.5) is 0 Å². The summed E-state index contributed by atoms with van der Waals surface area (Å²) >= 11 is 12.2. The Kier molecular flexibility index (Phi) is 3.85. The molecule has 0 amide bonds. The fourth-order valence-corrected chi connectivity index (χ4v) is 3.51. The number of rotatable bonds is 3. The fraction of sp³-hybridized carbons (Fsp3) is 0.0500. The van der Waals surface area contributed by atoms with E-state index >= 15 is 0 Å². The van der Waals surface area contributed by atoms with E-state index in [2.05, 4.69) is 15.0 Å². The number of hydrogen-bond donors (Lipinski definition) is 1. The Bertz CT molecular complexity index is 1240. The summed E-state index contributed by atoms with van der Waals surface area (Å²) in [6.07, 6.45) is 6.04. The van der Waals surface area contributed by atoms with Crippen molar-refractivity contribution in [2.75, 3.05) is 0 Å². The zero-order valence-electron chi connectivity index (χ0n) is 14.0. The van der Waals surface area contributed by atoms with Gasteiger partial charge in [0.25, 0.3) is 0 Å². The molecule has 0 aliphatic heterocycles. The molecule has 0 spiro atoms. The van der Waals surface area contributed by atoms with E-state index in [1.807, 2.05) is 53.1 Å². The summed E-state index contributed by atoms with van der Waals surface area (Å²) in [6, 6.07) is 13.3. The number of pyridine rings is 2. The summed E-state index contributed by atoms with van der Waals surface area (Å²) in [5.41, 5.74) is 5.50. The van der Waals surface area contributed by atoms with Gasteiger partial charge in [0.05, 0.1) is 28.6 Å². The maximum absolute atomic E-state index is 6.16. The molecule has 1 aromatic carbocycles. The second kappa shape index (κ2) is 6.37. The van der Waals surface area contributed by atoms with Gasteiger partial charge in [0.2, 0.25) is 0 Å². The Hall–Kier alpha value is -2.89. The van der Waals surface area contributed by atoms with Gasteiger partial charge in [0.1, 0.15) is 11.5 Å². The number of H-pyrrole nitrogens is 1. The van der Waals surface area contributed by atoms with Crippen LogP contribution >= 0.6 is 23.2 Å². The third-order valence-electron chi connectivity index (χ3n) is 4.47. The van der Waals surface area contributed by atoms with Crippen LogP contribution in [0.3, 0.4) is 0 Å². The molecule has 0 aliphatic carbocycles. The first kappa shape index (κ1) is 16.3. The molecule has 27 heavy (non-hydrogen) atoms. The number of nitrogens with zero attached hydrogens (tertiary/aromatic N) is 4. The van der Waals surface area contributed by atoms with E-state index in [9.17, 15) is 0 Å². The van der Waals surface area contributed by atoms with Gasteiger partial charge in [-0.2, -0.15) is 0 Å². The average Bonchev–Trinajstić information content (AvgIpc) is 3.23. The molecule has 0 aliphatic rings. The Morgan fingerprint density at radius 1 is 0.963 bits per heavy atom. The van der Waals surface area contributed by atoms with Gasteiger partial charge in [0.15, 0.2) is 0 Å². The van der Waals surface area contributed by atoms with Gasteiger partial charge in [-0.05, 0) is 24.3 Å². The number of imidazole rings is 2. The predicted octanol–water partition coefficient (Wildman–Crippen LogP) is 5.17.